The Morgan fingerprint density at radius 1 is 1.15 bits per heavy atom. The van der Waals surface area contributed by atoms with Gasteiger partial charge in [0.15, 0.2) is 0 Å². The Balaban J connectivity index is 1.82. The molecule has 3 rings (SSSR count). The lowest BCUT2D eigenvalue weighted by Gasteiger charge is -2.10. The first-order chi connectivity index (χ1) is 12.9. The van der Waals surface area contributed by atoms with Crippen molar-refractivity contribution in [1.29, 1.82) is 5.26 Å². The molecule has 0 saturated heterocycles. The summed E-state index contributed by atoms with van der Waals surface area (Å²) in [6.45, 7) is 1.65. The quantitative estimate of drug-likeness (QED) is 0.697. The van der Waals surface area contributed by atoms with Crippen LogP contribution in [0.1, 0.15) is 21.9 Å². The number of nitrogens with one attached hydrogen (secondary N) is 2. The van der Waals surface area contributed by atoms with Gasteiger partial charge in [0, 0.05) is 17.4 Å². The molecule has 0 aliphatic rings. The van der Waals surface area contributed by atoms with Crippen LogP contribution >= 0.6 is 11.6 Å². The van der Waals surface area contributed by atoms with Gasteiger partial charge >= 0.3 is 0 Å². The average molecular weight is 382 g/mol. The van der Waals surface area contributed by atoms with Gasteiger partial charge in [0.2, 0.25) is 0 Å². The van der Waals surface area contributed by atoms with Crippen molar-refractivity contribution in [2.75, 3.05) is 10.6 Å². The van der Waals surface area contributed by atoms with Gasteiger partial charge in [-0.15, -0.1) is 0 Å². The molecule has 8 heteroatoms. The van der Waals surface area contributed by atoms with Crippen molar-refractivity contribution in [2.45, 2.75) is 6.92 Å². The van der Waals surface area contributed by atoms with E-state index >= 15 is 0 Å². The smallest absolute Gasteiger partial charge is 0.274 e. The number of aromatic nitrogens is 2. The molecule has 1 aromatic heterocycles. The second kappa shape index (κ2) is 7.81. The number of nitrogens with zero attached hydrogens (tertiary/aromatic N) is 3. The first-order valence-corrected chi connectivity index (χ1v) is 8.21. The predicted octanol–water partition coefficient (Wildman–Crippen LogP) is 4.45. The zero-order chi connectivity index (χ0) is 19.4. The predicted molar refractivity (Wildman–Crippen MR) is 101 cm³/mol. The van der Waals surface area contributed by atoms with Crippen LogP contribution in [0.15, 0.2) is 48.5 Å². The van der Waals surface area contributed by atoms with Crippen molar-refractivity contribution < 1.29 is 9.18 Å². The molecule has 27 heavy (non-hydrogen) atoms. The highest BCUT2D eigenvalue weighted by Gasteiger charge is 2.12. The molecule has 0 saturated carbocycles. The van der Waals surface area contributed by atoms with Crippen molar-refractivity contribution in [3.63, 3.8) is 0 Å². The molecule has 2 N–H and O–H groups in total. The third kappa shape index (κ3) is 4.57. The number of anilines is 3. The molecule has 1 amide bonds. The number of aryl methyl sites for hydroxylation is 1. The standard InChI is InChI=1S/C19H13ClFN5O/c1-11-23-17(19(27)26-13-4-2-3-12(7-13)10-22)9-18(24-11)25-14-5-6-16(21)15(20)8-14/h2-9H,1H3,(H,26,27)(H,23,24,25). The van der Waals surface area contributed by atoms with Crippen molar-refractivity contribution in [2.24, 2.45) is 0 Å². The van der Waals surface area contributed by atoms with Crippen LogP contribution in [0.3, 0.4) is 0 Å². The van der Waals surface area contributed by atoms with Gasteiger partial charge in [-0.2, -0.15) is 5.26 Å². The summed E-state index contributed by atoms with van der Waals surface area (Å²) in [5.74, 6) is -0.234. The van der Waals surface area contributed by atoms with Crippen molar-refractivity contribution in [3.05, 3.63) is 76.5 Å². The zero-order valence-corrected chi connectivity index (χ0v) is 14.9. The summed E-state index contributed by atoms with van der Waals surface area (Å²) in [6, 6.07) is 14.2. The van der Waals surface area contributed by atoms with Gasteiger partial charge in [0.1, 0.15) is 23.2 Å². The molecule has 0 aliphatic carbocycles. The van der Waals surface area contributed by atoms with Crippen LogP contribution in [0.2, 0.25) is 5.02 Å². The molecule has 0 unspecified atom stereocenters. The number of carbonyl (C=O) groups excluding carboxylic acids is 1. The van der Waals surface area contributed by atoms with Crippen LogP contribution in [0.5, 0.6) is 0 Å². The third-order valence-corrected chi connectivity index (χ3v) is 3.80. The zero-order valence-electron chi connectivity index (χ0n) is 14.1. The fraction of sp³-hybridized carbons (Fsp3) is 0.0526. The molecule has 0 bridgehead atoms. The van der Waals surface area contributed by atoms with Crippen LogP contribution in [0.4, 0.5) is 21.6 Å². The topological polar surface area (TPSA) is 90.7 Å². The minimum atomic E-state index is -0.527. The Bertz CT molecular complexity index is 1060. The van der Waals surface area contributed by atoms with E-state index in [-0.39, 0.29) is 10.7 Å². The molecule has 0 radical (unpaired) electrons. The molecular formula is C19H13ClFN5O. The lowest BCUT2D eigenvalue weighted by Crippen LogP contribution is -2.15. The van der Waals surface area contributed by atoms with Gasteiger partial charge in [0.05, 0.1) is 16.7 Å². The Morgan fingerprint density at radius 3 is 2.70 bits per heavy atom. The average Bonchev–Trinajstić information content (AvgIpc) is 2.64. The van der Waals surface area contributed by atoms with Gasteiger partial charge in [-0.3, -0.25) is 4.79 Å². The second-order valence-electron chi connectivity index (χ2n) is 5.59. The molecule has 2 aromatic carbocycles. The summed E-state index contributed by atoms with van der Waals surface area (Å²) in [5.41, 5.74) is 1.57. The van der Waals surface area contributed by atoms with E-state index in [1.165, 1.54) is 24.3 Å². The summed E-state index contributed by atoms with van der Waals surface area (Å²) < 4.78 is 13.3. The summed E-state index contributed by atoms with van der Waals surface area (Å²) in [6.07, 6.45) is 0. The van der Waals surface area contributed by atoms with Crippen LogP contribution in [0.25, 0.3) is 0 Å². The van der Waals surface area contributed by atoms with Gasteiger partial charge in [-0.1, -0.05) is 17.7 Å². The summed E-state index contributed by atoms with van der Waals surface area (Å²) in [4.78, 5) is 20.8. The number of hydrogen-bond acceptors (Lipinski definition) is 5. The van der Waals surface area contributed by atoms with E-state index in [2.05, 4.69) is 20.6 Å². The van der Waals surface area contributed by atoms with Crippen LogP contribution < -0.4 is 10.6 Å². The Kier molecular flexibility index (Phi) is 5.29. The van der Waals surface area contributed by atoms with E-state index in [1.807, 2.05) is 6.07 Å². The maximum absolute atomic E-state index is 13.3. The van der Waals surface area contributed by atoms with Crippen molar-refractivity contribution in [3.8, 4) is 6.07 Å². The molecule has 1 heterocycles. The summed E-state index contributed by atoms with van der Waals surface area (Å²) in [5, 5.41) is 14.6. The molecule has 0 spiro atoms. The first kappa shape index (κ1) is 18.3. The van der Waals surface area contributed by atoms with Gasteiger partial charge < -0.3 is 10.6 Å². The molecule has 0 aliphatic heterocycles. The largest absolute Gasteiger partial charge is 0.340 e. The van der Waals surface area contributed by atoms with E-state index in [0.29, 0.717) is 28.6 Å². The highest BCUT2D eigenvalue weighted by atomic mass is 35.5. The lowest BCUT2D eigenvalue weighted by atomic mass is 10.2. The maximum atomic E-state index is 13.3. The minimum absolute atomic E-state index is 0.0267. The molecular weight excluding hydrogens is 369 g/mol. The molecule has 0 fully saturated rings. The van der Waals surface area contributed by atoms with E-state index in [0.717, 1.165) is 0 Å². The highest BCUT2D eigenvalue weighted by molar-refractivity contribution is 6.31. The van der Waals surface area contributed by atoms with Gasteiger partial charge in [0.25, 0.3) is 5.91 Å². The number of hydrogen-bond donors (Lipinski definition) is 2. The number of halogens is 2. The SMILES string of the molecule is Cc1nc(Nc2ccc(F)c(Cl)c2)cc(C(=O)Nc2cccc(C#N)c2)n1. The van der Waals surface area contributed by atoms with Crippen LogP contribution in [-0.2, 0) is 0 Å². The number of benzene rings is 2. The molecule has 134 valence electrons. The van der Waals surface area contributed by atoms with Crippen molar-refractivity contribution >= 4 is 34.7 Å². The van der Waals surface area contributed by atoms with E-state index < -0.39 is 11.7 Å². The molecule has 3 aromatic rings. The lowest BCUT2D eigenvalue weighted by molar-refractivity contribution is 0.102. The van der Waals surface area contributed by atoms with Gasteiger partial charge in [-0.25, -0.2) is 14.4 Å². The van der Waals surface area contributed by atoms with E-state index in [9.17, 15) is 9.18 Å². The van der Waals surface area contributed by atoms with Gasteiger partial charge in [-0.05, 0) is 43.3 Å². The fourth-order valence-electron chi connectivity index (χ4n) is 2.33. The number of nitriles is 1. The van der Waals surface area contributed by atoms with Crippen LogP contribution in [0, 0.1) is 24.1 Å². The highest BCUT2D eigenvalue weighted by Crippen LogP contribution is 2.22. The Morgan fingerprint density at radius 2 is 1.96 bits per heavy atom. The normalized spacial score (nSPS) is 10.1. The van der Waals surface area contributed by atoms with E-state index in [4.69, 9.17) is 16.9 Å². The van der Waals surface area contributed by atoms with E-state index in [1.54, 1.807) is 31.2 Å². The van der Waals surface area contributed by atoms with Crippen molar-refractivity contribution in [1.82, 2.24) is 9.97 Å². The van der Waals surface area contributed by atoms with Crippen LogP contribution in [-0.4, -0.2) is 15.9 Å². The number of rotatable bonds is 4. The fourth-order valence-corrected chi connectivity index (χ4v) is 2.51. The second-order valence-corrected chi connectivity index (χ2v) is 5.99. The summed E-state index contributed by atoms with van der Waals surface area (Å²) >= 11 is 5.77. The first-order valence-electron chi connectivity index (χ1n) is 7.84. The number of carbonyl (C=O) groups is 1. The Hall–Kier alpha value is -3.50. The summed E-state index contributed by atoms with van der Waals surface area (Å²) in [7, 11) is 0. The Labute approximate surface area is 159 Å². The maximum Gasteiger partial charge on any atom is 0.274 e. The monoisotopic (exact) mass is 381 g/mol. The number of amides is 1. The minimum Gasteiger partial charge on any atom is -0.340 e. The molecule has 6 nitrogen and oxygen atoms in total. The third-order valence-electron chi connectivity index (χ3n) is 3.51. The molecule has 0 atom stereocenters.